The highest BCUT2D eigenvalue weighted by Gasteiger charge is 2.44. The van der Waals surface area contributed by atoms with E-state index in [9.17, 15) is 24.4 Å². The Kier molecular flexibility index (Phi) is 3.16. The van der Waals surface area contributed by atoms with Gasteiger partial charge in [-0.25, -0.2) is 4.39 Å². The molecule has 1 aromatic carbocycles. The average Bonchev–Trinajstić information content (AvgIpc) is 2.42. The fourth-order valence-electron chi connectivity index (χ4n) is 1.93. The van der Waals surface area contributed by atoms with Crippen molar-refractivity contribution in [2.45, 2.75) is 12.1 Å². The Morgan fingerprint density at radius 1 is 1.37 bits per heavy atom. The van der Waals surface area contributed by atoms with Crippen molar-refractivity contribution in [3.05, 3.63) is 63.5 Å². The highest BCUT2D eigenvalue weighted by atomic mass is 19.1. The van der Waals surface area contributed by atoms with E-state index in [1.54, 1.807) is 30.3 Å². The molecule has 1 N–H and O–H groups in total. The number of nitrogens with zero attached hydrogens (tertiary/aromatic N) is 1. The molecule has 0 aliphatic heterocycles. The number of hydrogen-bond donors (Lipinski definition) is 1. The molecular weight excluding hydrogens is 253 g/mol. The molecular formula is C13H10FNO4. The summed E-state index contributed by atoms with van der Waals surface area (Å²) in [4.78, 5) is 20.7. The van der Waals surface area contributed by atoms with E-state index in [4.69, 9.17) is 0 Å². The molecule has 2 rings (SSSR count). The quantitative estimate of drug-likeness (QED) is 0.516. The van der Waals surface area contributed by atoms with Crippen LogP contribution in [0.2, 0.25) is 0 Å². The standard InChI is InChI=1S/C13H10FNO4/c14-13(8-16)7-10(9-4-2-1-3-5-9)6-11(12(13)17)15(18)19/h1-6,8,17H,7H2. The Bertz CT molecular complexity index is 594. The Balaban J connectivity index is 2.57. The first-order valence-electron chi connectivity index (χ1n) is 5.47. The SMILES string of the molecule is O=CC1(F)CC(c2ccccc2)=CC([N+](=O)[O-])=C1O. The van der Waals surface area contributed by atoms with E-state index in [1.165, 1.54) is 0 Å². The third-order valence-corrected chi connectivity index (χ3v) is 2.92. The fourth-order valence-corrected chi connectivity index (χ4v) is 1.93. The third-order valence-electron chi connectivity index (χ3n) is 2.92. The number of aliphatic hydroxyl groups is 1. The molecule has 19 heavy (non-hydrogen) atoms. The summed E-state index contributed by atoms with van der Waals surface area (Å²) in [5.74, 6) is -1.15. The van der Waals surface area contributed by atoms with Crippen molar-refractivity contribution >= 4 is 11.9 Å². The van der Waals surface area contributed by atoms with Gasteiger partial charge < -0.3 is 5.11 Å². The number of nitro groups is 1. The van der Waals surface area contributed by atoms with Crippen molar-refractivity contribution in [2.24, 2.45) is 0 Å². The number of halogens is 1. The molecule has 0 fully saturated rings. The number of hydrogen-bond acceptors (Lipinski definition) is 4. The van der Waals surface area contributed by atoms with Crippen LogP contribution in [0.3, 0.4) is 0 Å². The van der Waals surface area contributed by atoms with E-state index in [0.717, 1.165) is 6.08 Å². The molecule has 0 heterocycles. The van der Waals surface area contributed by atoms with Gasteiger partial charge in [0.25, 0.3) is 0 Å². The number of alkyl halides is 1. The first-order valence-corrected chi connectivity index (χ1v) is 5.47. The second-order valence-corrected chi connectivity index (χ2v) is 4.18. The highest BCUT2D eigenvalue weighted by Crippen LogP contribution is 2.38. The van der Waals surface area contributed by atoms with Gasteiger partial charge in [-0.2, -0.15) is 0 Å². The summed E-state index contributed by atoms with van der Waals surface area (Å²) in [5, 5.41) is 20.3. The molecule has 0 aromatic heterocycles. The van der Waals surface area contributed by atoms with Gasteiger partial charge in [-0.15, -0.1) is 0 Å². The van der Waals surface area contributed by atoms with E-state index in [1.807, 2.05) is 0 Å². The first-order chi connectivity index (χ1) is 8.98. The summed E-state index contributed by atoms with van der Waals surface area (Å²) < 4.78 is 14.2. The lowest BCUT2D eigenvalue weighted by molar-refractivity contribution is -0.423. The molecule has 0 radical (unpaired) electrons. The lowest BCUT2D eigenvalue weighted by Crippen LogP contribution is -2.32. The van der Waals surface area contributed by atoms with Gasteiger partial charge in [-0.3, -0.25) is 14.9 Å². The molecule has 98 valence electrons. The van der Waals surface area contributed by atoms with Gasteiger partial charge in [0, 0.05) is 12.5 Å². The predicted octanol–water partition coefficient (Wildman–Crippen LogP) is 2.43. The lowest BCUT2D eigenvalue weighted by Gasteiger charge is -2.23. The van der Waals surface area contributed by atoms with Crippen LogP contribution < -0.4 is 0 Å². The van der Waals surface area contributed by atoms with Crippen LogP contribution in [0.15, 0.2) is 47.9 Å². The van der Waals surface area contributed by atoms with Crippen LogP contribution >= 0.6 is 0 Å². The second-order valence-electron chi connectivity index (χ2n) is 4.18. The number of allylic oxidation sites excluding steroid dienone is 3. The zero-order chi connectivity index (χ0) is 14.0. The molecule has 1 aliphatic rings. The smallest absolute Gasteiger partial charge is 0.310 e. The van der Waals surface area contributed by atoms with Crippen molar-refractivity contribution in [1.82, 2.24) is 0 Å². The van der Waals surface area contributed by atoms with E-state index >= 15 is 0 Å². The van der Waals surface area contributed by atoms with Crippen LogP contribution in [0.5, 0.6) is 0 Å². The van der Waals surface area contributed by atoms with Gasteiger partial charge in [-0.1, -0.05) is 30.3 Å². The largest absolute Gasteiger partial charge is 0.503 e. The molecule has 1 aliphatic carbocycles. The number of carbonyl (C=O) groups excluding carboxylic acids is 1. The van der Waals surface area contributed by atoms with Gasteiger partial charge in [0.05, 0.1) is 4.92 Å². The summed E-state index contributed by atoms with van der Waals surface area (Å²) in [6, 6.07) is 8.44. The second kappa shape index (κ2) is 4.64. The minimum absolute atomic E-state index is 0.109. The molecule has 0 saturated heterocycles. The maximum absolute atomic E-state index is 14.2. The van der Waals surface area contributed by atoms with Crippen LogP contribution in [0, 0.1) is 10.1 Å². The Hall–Kier alpha value is -2.50. The number of aliphatic hydroxyl groups excluding tert-OH is 1. The molecule has 0 bridgehead atoms. The summed E-state index contributed by atoms with van der Waals surface area (Å²) in [7, 11) is 0. The van der Waals surface area contributed by atoms with E-state index in [-0.39, 0.29) is 6.29 Å². The normalized spacial score (nSPS) is 22.9. The third kappa shape index (κ3) is 2.24. The molecule has 0 spiro atoms. The number of aldehydes is 1. The van der Waals surface area contributed by atoms with Crippen molar-refractivity contribution in [3.63, 3.8) is 0 Å². The maximum atomic E-state index is 14.2. The molecule has 1 aromatic rings. The van der Waals surface area contributed by atoms with Crippen LogP contribution in [0.1, 0.15) is 12.0 Å². The van der Waals surface area contributed by atoms with Crippen LogP contribution in [-0.2, 0) is 4.79 Å². The van der Waals surface area contributed by atoms with E-state index < -0.39 is 28.5 Å². The van der Waals surface area contributed by atoms with Gasteiger partial charge in [0.1, 0.15) is 0 Å². The van der Waals surface area contributed by atoms with Gasteiger partial charge >= 0.3 is 5.70 Å². The summed E-state index contributed by atoms with van der Waals surface area (Å²) in [5.41, 5.74) is -2.68. The Morgan fingerprint density at radius 2 is 2.00 bits per heavy atom. The zero-order valence-electron chi connectivity index (χ0n) is 9.75. The molecule has 0 saturated carbocycles. The summed E-state index contributed by atoms with van der Waals surface area (Å²) in [6.45, 7) is 0. The first kappa shape index (κ1) is 12.9. The van der Waals surface area contributed by atoms with Crippen LogP contribution in [0.4, 0.5) is 4.39 Å². The molecule has 5 nitrogen and oxygen atoms in total. The highest BCUT2D eigenvalue weighted by molar-refractivity contribution is 5.79. The molecule has 6 heteroatoms. The predicted molar refractivity (Wildman–Crippen MR) is 65.6 cm³/mol. The lowest BCUT2D eigenvalue weighted by atomic mass is 9.86. The van der Waals surface area contributed by atoms with Gasteiger partial charge in [-0.05, 0) is 11.1 Å². The topological polar surface area (TPSA) is 80.4 Å². The monoisotopic (exact) mass is 263 g/mol. The van der Waals surface area contributed by atoms with E-state index in [0.29, 0.717) is 11.1 Å². The Labute approximate surface area is 107 Å². The summed E-state index contributed by atoms with van der Waals surface area (Å²) in [6.07, 6.45) is 0.553. The van der Waals surface area contributed by atoms with Crippen molar-refractivity contribution in [2.75, 3.05) is 0 Å². The average molecular weight is 263 g/mol. The Morgan fingerprint density at radius 3 is 2.53 bits per heavy atom. The minimum atomic E-state index is -2.75. The maximum Gasteiger partial charge on any atom is 0.310 e. The fraction of sp³-hybridized carbons (Fsp3) is 0.154. The van der Waals surface area contributed by atoms with Crippen molar-refractivity contribution < 1.29 is 19.2 Å². The van der Waals surface area contributed by atoms with Crippen LogP contribution in [-0.4, -0.2) is 22.0 Å². The van der Waals surface area contributed by atoms with Crippen molar-refractivity contribution in [1.29, 1.82) is 0 Å². The van der Waals surface area contributed by atoms with Gasteiger partial charge in [0.15, 0.2) is 6.29 Å². The number of carbonyl (C=O) groups is 1. The minimum Gasteiger partial charge on any atom is -0.503 e. The van der Waals surface area contributed by atoms with Crippen molar-refractivity contribution in [3.8, 4) is 0 Å². The number of rotatable bonds is 3. The van der Waals surface area contributed by atoms with Gasteiger partial charge in [0.2, 0.25) is 11.4 Å². The van der Waals surface area contributed by atoms with E-state index in [2.05, 4.69) is 0 Å². The molecule has 0 amide bonds. The summed E-state index contributed by atoms with van der Waals surface area (Å²) >= 11 is 0. The zero-order valence-corrected chi connectivity index (χ0v) is 9.75. The van der Waals surface area contributed by atoms with Crippen LogP contribution in [0.25, 0.3) is 5.57 Å². The number of benzene rings is 1. The molecule has 1 atom stereocenters. The molecule has 1 unspecified atom stereocenters.